The summed E-state index contributed by atoms with van der Waals surface area (Å²) in [5.41, 5.74) is 4.57. The van der Waals surface area contributed by atoms with E-state index in [1.54, 1.807) is 13.0 Å². The molecule has 1 atom stereocenters. The molecule has 0 spiro atoms. The number of urea groups is 1. The maximum atomic E-state index is 13.2. The summed E-state index contributed by atoms with van der Waals surface area (Å²) >= 11 is 0. The first-order chi connectivity index (χ1) is 15.1. The molecular weight excluding hydrogens is 427 g/mol. The minimum Gasteiger partial charge on any atom is -0.351 e. The zero-order valence-corrected chi connectivity index (χ0v) is 16.7. The van der Waals surface area contributed by atoms with Gasteiger partial charge in [0.2, 0.25) is 0 Å². The highest BCUT2D eigenvalue weighted by Crippen LogP contribution is 2.29. The summed E-state index contributed by atoms with van der Waals surface area (Å²) < 4.78 is 38.5. The van der Waals surface area contributed by atoms with E-state index in [9.17, 15) is 22.8 Å². The third kappa shape index (κ3) is 5.53. The molecule has 3 heterocycles. The molecule has 166 valence electrons. The number of carbonyl (C=O) groups is 2. The monoisotopic (exact) mass is 445 g/mol. The molecule has 1 unspecified atom stereocenters. The van der Waals surface area contributed by atoms with Gasteiger partial charge in [0.15, 0.2) is 0 Å². The van der Waals surface area contributed by atoms with E-state index in [4.69, 9.17) is 5.73 Å². The van der Waals surface area contributed by atoms with Gasteiger partial charge in [0.25, 0.3) is 5.91 Å². The number of nitrogens with one attached hydrogen (secondary N) is 1. The second-order valence-electron chi connectivity index (χ2n) is 6.67. The fourth-order valence-electron chi connectivity index (χ4n) is 2.80. The molecule has 0 radical (unpaired) electrons. The number of nitrogens with two attached hydrogens (primary N) is 1. The fraction of sp³-hybridized carbons (Fsp3) is 0.200. The van der Waals surface area contributed by atoms with Crippen LogP contribution in [-0.2, 0) is 12.7 Å². The predicted molar refractivity (Wildman–Crippen MR) is 107 cm³/mol. The van der Waals surface area contributed by atoms with E-state index in [-0.39, 0.29) is 23.6 Å². The van der Waals surface area contributed by atoms with Crippen LogP contribution in [0.4, 0.5) is 23.8 Å². The first kappa shape index (κ1) is 22.6. The SMILES string of the molecule is CC(c1ncccn1)N(Cc1ccc(C(F)(F)F)cn1)C(=O)c1ccc(NC(N)=O)nc1. The van der Waals surface area contributed by atoms with E-state index in [2.05, 4.69) is 25.3 Å². The molecule has 0 saturated carbocycles. The summed E-state index contributed by atoms with van der Waals surface area (Å²) in [6.45, 7) is 1.59. The van der Waals surface area contributed by atoms with E-state index >= 15 is 0 Å². The lowest BCUT2D eigenvalue weighted by Gasteiger charge is -2.28. The Morgan fingerprint density at radius 3 is 2.31 bits per heavy atom. The zero-order chi connectivity index (χ0) is 23.3. The Balaban J connectivity index is 1.90. The molecule has 0 aliphatic rings. The largest absolute Gasteiger partial charge is 0.417 e. The second-order valence-corrected chi connectivity index (χ2v) is 6.67. The molecule has 0 fully saturated rings. The van der Waals surface area contributed by atoms with Gasteiger partial charge in [0.1, 0.15) is 11.6 Å². The maximum absolute atomic E-state index is 13.2. The number of anilines is 1. The molecule has 32 heavy (non-hydrogen) atoms. The van der Waals surface area contributed by atoms with Crippen LogP contribution in [0.15, 0.2) is 55.1 Å². The van der Waals surface area contributed by atoms with Gasteiger partial charge in [0, 0.05) is 24.8 Å². The van der Waals surface area contributed by atoms with Crippen LogP contribution >= 0.6 is 0 Å². The molecule has 3 amide bonds. The van der Waals surface area contributed by atoms with Crippen LogP contribution in [-0.4, -0.2) is 36.8 Å². The van der Waals surface area contributed by atoms with Crippen LogP contribution in [0.1, 0.15) is 40.4 Å². The van der Waals surface area contributed by atoms with Gasteiger partial charge in [-0.25, -0.2) is 19.7 Å². The van der Waals surface area contributed by atoms with E-state index in [1.807, 2.05) is 0 Å². The lowest BCUT2D eigenvalue weighted by molar-refractivity contribution is -0.137. The van der Waals surface area contributed by atoms with Crippen molar-refractivity contribution in [2.75, 3.05) is 5.32 Å². The minimum absolute atomic E-state index is 0.0995. The van der Waals surface area contributed by atoms with Gasteiger partial charge >= 0.3 is 12.2 Å². The highest BCUT2D eigenvalue weighted by Gasteiger charge is 2.31. The molecule has 3 aromatic rings. The molecule has 3 rings (SSSR count). The number of alkyl halides is 3. The molecule has 0 aromatic carbocycles. The first-order valence-electron chi connectivity index (χ1n) is 9.27. The number of pyridine rings is 2. The van der Waals surface area contributed by atoms with Crippen molar-refractivity contribution >= 4 is 17.8 Å². The third-order valence-electron chi connectivity index (χ3n) is 4.43. The Labute approximate surface area is 180 Å². The Morgan fingerprint density at radius 1 is 1.06 bits per heavy atom. The Morgan fingerprint density at radius 2 is 1.78 bits per heavy atom. The van der Waals surface area contributed by atoms with Crippen molar-refractivity contribution in [3.8, 4) is 0 Å². The van der Waals surface area contributed by atoms with Gasteiger partial charge < -0.3 is 10.6 Å². The van der Waals surface area contributed by atoms with E-state index in [1.165, 1.54) is 41.7 Å². The van der Waals surface area contributed by atoms with Gasteiger partial charge in [-0.2, -0.15) is 13.2 Å². The first-order valence-corrected chi connectivity index (χ1v) is 9.27. The number of primary amides is 1. The molecular formula is C20H18F3N7O2. The van der Waals surface area contributed by atoms with Gasteiger partial charge in [-0.3, -0.25) is 15.1 Å². The molecule has 0 aliphatic carbocycles. The number of aromatic nitrogens is 4. The Hall–Kier alpha value is -4.09. The molecule has 0 aliphatic heterocycles. The topological polar surface area (TPSA) is 127 Å². The summed E-state index contributed by atoms with van der Waals surface area (Å²) in [5, 5.41) is 2.29. The van der Waals surface area contributed by atoms with Crippen LogP contribution in [0.5, 0.6) is 0 Å². The van der Waals surface area contributed by atoms with Crippen LogP contribution in [0.25, 0.3) is 0 Å². The van der Waals surface area contributed by atoms with Gasteiger partial charge in [-0.05, 0) is 37.3 Å². The standard InChI is InChI=1S/C20H18F3N7O2/c1-12(17-25-7-2-8-26-17)30(11-15-5-4-14(10-27-15)20(21,22)23)18(31)13-3-6-16(28-9-13)29-19(24)32/h2-10,12H,11H2,1H3,(H3,24,28,29,32). The summed E-state index contributed by atoms with van der Waals surface area (Å²) in [7, 11) is 0. The lowest BCUT2D eigenvalue weighted by Crippen LogP contribution is -2.34. The number of amides is 3. The van der Waals surface area contributed by atoms with E-state index in [0.717, 1.165) is 6.07 Å². The van der Waals surface area contributed by atoms with E-state index < -0.39 is 29.7 Å². The molecule has 0 bridgehead atoms. The minimum atomic E-state index is -4.52. The Bertz CT molecular complexity index is 1080. The number of carbonyl (C=O) groups excluding carboxylic acids is 2. The maximum Gasteiger partial charge on any atom is 0.417 e. The number of rotatable bonds is 6. The van der Waals surface area contributed by atoms with Crippen LogP contribution in [0.3, 0.4) is 0 Å². The van der Waals surface area contributed by atoms with Crippen molar-refractivity contribution in [1.82, 2.24) is 24.8 Å². The van der Waals surface area contributed by atoms with Crippen LogP contribution in [0, 0.1) is 0 Å². The quantitative estimate of drug-likeness (QED) is 0.600. The van der Waals surface area contributed by atoms with Crippen molar-refractivity contribution in [1.29, 1.82) is 0 Å². The summed E-state index contributed by atoms with van der Waals surface area (Å²) in [6.07, 6.45) is 0.485. The summed E-state index contributed by atoms with van der Waals surface area (Å²) in [6, 6.07) is 5.13. The highest BCUT2D eigenvalue weighted by molar-refractivity contribution is 5.94. The predicted octanol–water partition coefficient (Wildman–Crippen LogP) is 3.18. The molecule has 12 heteroatoms. The number of hydrogen-bond acceptors (Lipinski definition) is 6. The van der Waals surface area contributed by atoms with Crippen molar-refractivity contribution in [2.45, 2.75) is 25.7 Å². The summed E-state index contributed by atoms with van der Waals surface area (Å²) in [5.74, 6) is 0.0157. The van der Waals surface area contributed by atoms with Crippen molar-refractivity contribution < 1.29 is 22.8 Å². The smallest absolute Gasteiger partial charge is 0.351 e. The molecule has 9 nitrogen and oxygen atoms in total. The molecule has 0 saturated heterocycles. The van der Waals surface area contributed by atoms with Crippen LogP contribution < -0.4 is 11.1 Å². The molecule has 3 N–H and O–H groups in total. The van der Waals surface area contributed by atoms with Crippen LogP contribution in [0.2, 0.25) is 0 Å². The summed E-state index contributed by atoms with van der Waals surface area (Å²) in [4.78, 5) is 41.7. The highest BCUT2D eigenvalue weighted by atomic mass is 19.4. The van der Waals surface area contributed by atoms with E-state index in [0.29, 0.717) is 12.0 Å². The zero-order valence-electron chi connectivity index (χ0n) is 16.7. The molecule has 3 aromatic heterocycles. The van der Waals surface area contributed by atoms with Crippen molar-refractivity contribution in [3.05, 3.63) is 77.8 Å². The average molecular weight is 445 g/mol. The number of halogens is 3. The Kier molecular flexibility index (Phi) is 6.61. The number of hydrogen-bond donors (Lipinski definition) is 2. The van der Waals surface area contributed by atoms with Gasteiger partial charge in [0.05, 0.1) is 29.4 Å². The normalized spacial score (nSPS) is 12.1. The average Bonchev–Trinajstić information content (AvgIpc) is 2.77. The fourth-order valence-corrected chi connectivity index (χ4v) is 2.80. The number of nitrogens with zero attached hydrogens (tertiary/aromatic N) is 5. The second kappa shape index (κ2) is 9.37. The third-order valence-corrected chi connectivity index (χ3v) is 4.43. The van der Waals surface area contributed by atoms with Gasteiger partial charge in [-0.15, -0.1) is 0 Å². The lowest BCUT2D eigenvalue weighted by atomic mass is 10.1. The van der Waals surface area contributed by atoms with Gasteiger partial charge in [-0.1, -0.05) is 0 Å². The van der Waals surface area contributed by atoms with Crippen molar-refractivity contribution in [3.63, 3.8) is 0 Å². The van der Waals surface area contributed by atoms with Crippen molar-refractivity contribution in [2.24, 2.45) is 5.73 Å².